The molecule has 0 saturated heterocycles. The van der Waals surface area contributed by atoms with Crippen LogP contribution in [-0.4, -0.2) is 37.1 Å². The summed E-state index contributed by atoms with van der Waals surface area (Å²) in [5.41, 5.74) is 3.06. The molecule has 36 heavy (non-hydrogen) atoms. The third kappa shape index (κ3) is 4.45. The molecule has 9 heteroatoms. The van der Waals surface area contributed by atoms with Crippen molar-refractivity contribution in [3.63, 3.8) is 0 Å². The molecule has 0 radical (unpaired) electrons. The molecular weight excluding hydrogens is 464 g/mol. The Morgan fingerprint density at radius 1 is 0.944 bits per heavy atom. The number of fused-ring (bicyclic) bond motifs is 1. The number of aromatic nitrogens is 4. The maximum absolute atomic E-state index is 13.5. The average Bonchev–Trinajstić information content (AvgIpc) is 3.45. The summed E-state index contributed by atoms with van der Waals surface area (Å²) >= 11 is 0. The van der Waals surface area contributed by atoms with Crippen molar-refractivity contribution in [2.24, 2.45) is 5.92 Å². The van der Waals surface area contributed by atoms with Gasteiger partial charge in [-0.25, -0.2) is 8.78 Å². The number of phenolic OH excluding ortho intramolecular Hbond substituents is 1. The number of amides is 1. The number of carbonyl (C=O) groups is 1. The molecule has 186 valence electrons. The second kappa shape index (κ2) is 9.04. The summed E-state index contributed by atoms with van der Waals surface area (Å²) in [6.45, 7) is 0.439. The van der Waals surface area contributed by atoms with E-state index in [1.165, 1.54) is 12.8 Å². The summed E-state index contributed by atoms with van der Waals surface area (Å²) in [5, 5.41) is 22.4. The van der Waals surface area contributed by atoms with E-state index < -0.39 is 23.3 Å². The van der Waals surface area contributed by atoms with E-state index in [-0.39, 0.29) is 11.5 Å². The van der Waals surface area contributed by atoms with Crippen LogP contribution in [0.5, 0.6) is 5.75 Å². The number of benzene rings is 2. The molecule has 2 aromatic carbocycles. The van der Waals surface area contributed by atoms with Crippen LogP contribution >= 0.6 is 0 Å². The lowest BCUT2D eigenvalue weighted by atomic mass is 9.86. The van der Waals surface area contributed by atoms with Gasteiger partial charge in [-0.3, -0.25) is 14.2 Å². The van der Waals surface area contributed by atoms with Crippen molar-refractivity contribution >= 4 is 16.8 Å². The summed E-state index contributed by atoms with van der Waals surface area (Å²) in [6, 6.07) is 8.90. The quantitative estimate of drug-likeness (QED) is 0.379. The van der Waals surface area contributed by atoms with Gasteiger partial charge in [-0.05, 0) is 68.2 Å². The first-order chi connectivity index (χ1) is 17.4. The van der Waals surface area contributed by atoms with Crippen molar-refractivity contribution in [1.82, 2.24) is 24.9 Å². The van der Waals surface area contributed by atoms with Crippen LogP contribution in [0.1, 0.15) is 61.0 Å². The number of aromatic hydroxyl groups is 1. The smallest absolute Gasteiger partial charge is 0.251 e. The lowest BCUT2D eigenvalue weighted by Gasteiger charge is -2.28. The van der Waals surface area contributed by atoms with Crippen molar-refractivity contribution in [1.29, 1.82) is 0 Å². The molecular formula is C27H27F2N5O2. The van der Waals surface area contributed by atoms with Gasteiger partial charge in [0.05, 0.1) is 23.8 Å². The Morgan fingerprint density at radius 2 is 1.64 bits per heavy atom. The number of carbonyl (C=O) groups excluding carboxylic acids is 1. The SMILES string of the molecule is O=C(NCC1CCC(n2cc3ccc(-c4cnn(C5CC5)c4)cc3n2)CC1)c1cc(F)c(O)c(F)c1. The van der Waals surface area contributed by atoms with Crippen LogP contribution in [0.4, 0.5) is 8.78 Å². The molecule has 2 saturated carbocycles. The zero-order valence-electron chi connectivity index (χ0n) is 19.7. The van der Waals surface area contributed by atoms with Crippen molar-refractivity contribution in [3.8, 4) is 16.9 Å². The normalized spacial score (nSPS) is 20.1. The Hall–Kier alpha value is -3.75. The fraction of sp³-hybridized carbons (Fsp3) is 0.370. The van der Waals surface area contributed by atoms with Crippen LogP contribution in [0.3, 0.4) is 0 Å². The number of phenols is 1. The van der Waals surface area contributed by atoms with E-state index in [2.05, 4.69) is 50.4 Å². The van der Waals surface area contributed by atoms with Gasteiger partial charge in [0.1, 0.15) is 0 Å². The highest BCUT2D eigenvalue weighted by atomic mass is 19.1. The van der Waals surface area contributed by atoms with Gasteiger partial charge in [-0.15, -0.1) is 0 Å². The molecule has 7 nitrogen and oxygen atoms in total. The summed E-state index contributed by atoms with van der Waals surface area (Å²) < 4.78 is 31.2. The second-order valence-electron chi connectivity index (χ2n) is 10.00. The van der Waals surface area contributed by atoms with Gasteiger partial charge in [-0.1, -0.05) is 12.1 Å². The van der Waals surface area contributed by atoms with Crippen LogP contribution in [0.15, 0.2) is 48.9 Å². The van der Waals surface area contributed by atoms with Gasteiger partial charge >= 0.3 is 0 Å². The fourth-order valence-corrected chi connectivity index (χ4v) is 5.08. The van der Waals surface area contributed by atoms with Gasteiger partial charge in [0.25, 0.3) is 5.91 Å². The first-order valence-electron chi connectivity index (χ1n) is 12.4. The Bertz CT molecular complexity index is 1410. The van der Waals surface area contributed by atoms with E-state index in [1.54, 1.807) is 0 Å². The van der Waals surface area contributed by atoms with Crippen molar-refractivity contribution in [3.05, 3.63) is 66.1 Å². The molecule has 0 atom stereocenters. The molecule has 0 bridgehead atoms. The van der Waals surface area contributed by atoms with E-state index in [9.17, 15) is 18.7 Å². The van der Waals surface area contributed by atoms with Crippen LogP contribution in [0, 0.1) is 17.6 Å². The summed E-state index contributed by atoms with van der Waals surface area (Å²) in [7, 11) is 0. The molecule has 2 fully saturated rings. The monoisotopic (exact) mass is 491 g/mol. The predicted molar refractivity (Wildman–Crippen MR) is 131 cm³/mol. The molecule has 0 unspecified atom stereocenters. The van der Waals surface area contributed by atoms with Crippen LogP contribution in [0.2, 0.25) is 0 Å². The molecule has 2 heterocycles. The maximum atomic E-state index is 13.5. The highest BCUT2D eigenvalue weighted by Crippen LogP contribution is 2.36. The summed E-state index contributed by atoms with van der Waals surface area (Å²) in [6.07, 6.45) is 12.3. The Labute approximate surface area is 206 Å². The van der Waals surface area contributed by atoms with Crippen LogP contribution in [0.25, 0.3) is 22.0 Å². The Kier molecular flexibility index (Phi) is 5.70. The van der Waals surface area contributed by atoms with Crippen LogP contribution < -0.4 is 5.32 Å². The molecule has 2 aliphatic rings. The molecule has 6 rings (SSSR count). The van der Waals surface area contributed by atoms with Gasteiger partial charge in [-0.2, -0.15) is 10.2 Å². The number of halogens is 2. The minimum Gasteiger partial charge on any atom is -0.503 e. The largest absolute Gasteiger partial charge is 0.503 e. The zero-order chi connectivity index (χ0) is 24.8. The zero-order valence-corrected chi connectivity index (χ0v) is 19.7. The summed E-state index contributed by atoms with van der Waals surface area (Å²) in [4.78, 5) is 12.3. The topological polar surface area (TPSA) is 85.0 Å². The lowest BCUT2D eigenvalue weighted by molar-refractivity contribution is 0.0940. The number of nitrogens with one attached hydrogen (secondary N) is 1. The van der Waals surface area contributed by atoms with Gasteiger partial charge in [0.2, 0.25) is 0 Å². The first kappa shape index (κ1) is 22.7. The van der Waals surface area contributed by atoms with Gasteiger partial charge in [0, 0.05) is 35.5 Å². The van der Waals surface area contributed by atoms with Gasteiger partial charge < -0.3 is 10.4 Å². The number of nitrogens with zero attached hydrogens (tertiary/aromatic N) is 4. The van der Waals surface area contributed by atoms with Gasteiger partial charge in [0.15, 0.2) is 17.4 Å². The predicted octanol–water partition coefficient (Wildman–Crippen LogP) is 5.38. The van der Waals surface area contributed by atoms with E-state index in [4.69, 9.17) is 5.10 Å². The Balaban J connectivity index is 1.06. The third-order valence-corrected chi connectivity index (χ3v) is 7.40. The maximum Gasteiger partial charge on any atom is 0.251 e. The first-order valence-corrected chi connectivity index (χ1v) is 12.4. The van der Waals surface area contributed by atoms with E-state index in [0.29, 0.717) is 18.6 Å². The van der Waals surface area contributed by atoms with E-state index in [0.717, 1.165) is 59.8 Å². The molecule has 0 spiro atoms. The third-order valence-electron chi connectivity index (χ3n) is 7.40. The van der Waals surface area contributed by atoms with Crippen LogP contribution in [-0.2, 0) is 0 Å². The minimum atomic E-state index is -1.15. The Morgan fingerprint density at radius 3 is 2.36 bits per heavy atom. The summed E-state index contributed by atoms with van der Waals surface area (Å²) in [5.74, 6) is -3.62. The molecule has 4 aromatic rings. The van der Waals surface area contributed by atoms with Crippen molar-refractivity contribution < 1.29 is 18.7 Å². The second-order valence-corrected chi connectivity index (χ2v) is 10.00. The molecule has 2 N–H and O–H groups in total. The van der Waals surface area contributed by atoms with E-state index in [1.807, 2.05) is 6.20 Å². The van der Waals surface area contributed by atoms with Crippen molar-refractivity contribution in [2.75, 3.05) is 6.54 Å². The molecule has 0 aliphatic heterocycles. The van der Waals surface area contributed by atoms with E-state index >= 15 is 0 Å². The fourth-order valence-electron chi connectivity index (χ4n) is 5.08. The minimum absolute atomic E-state index is 0.140. The number of hydrogen-bond acceptors (Lipinski definition) is 4. The molecule has 2 aromatic heterocycles. The number of hydrogen-bond donors (Lipinski definition) is 2. The average molecular weight is 492 g/mol. The lowest BCUT2D eigenvalue weighted by Crippen LogP contribution is -2.31. The number of rotatable bonds is 6. The highest BCUT2D eigenvalue weighted by molar-refractivity contribution is 5.94. The highest BCUT2D eigenvalue weighted by Gasteiger charge is 2.25. The standard InChI is InChI=1S/C27H27F2N5O2/c28-23-9-19(10-24(29)26(23)35)27(36)30-12-16-1-5-22(6-2-16)34-14-18-4-3-17(11-25(18)32-34)20-13-31-33(15-20)21-7-8-21/h3-4,9-11,13-16,21-22,35H,1-2,5-8,12H2,(H,30,36). The molecule has 2 aliphatic carbocycles. The van der Waals surface area contributed by atoms with Crippen molar-refractivity contribution in [2.45, 2.75) is 50.6 Å². The molecule has 1 amide bonds.